The zero-order chi connectivity index (χ0) is 64.4. The lowest BCUT2D eigenvalue weighted by Crippen LogP contribution is -1.94. The Morgan fingerprint density at radius 1 is 0.122 bits per heavy atom. The Kier molecular flexibility index (Phi) is 12.6. The summed E-state index contributed by atoms with van der Waals surface area (Å²) < 4.78 is 9.62. The van der Waals surface area contributed by atoms with Crippen LogP contribution in [0.15, 0.2) is 364 Å². The maximum atomic E-state index is 2.44. The second kappa shape index (κ2) is 22.3. The first-order chi connectivity index (χ1) is 48.6. The summed E-state index contributed by atoms with van der Waals surface area (Å²) in [4.78, 5) is 0. The average molecular weight is 1250 g/mol. The molecule has 0 aliphatic rings. The maximum absolute atomic E-state index is 2.44. The lowest BCUT2D eigenvalue weighted by Gasteiger charge is -2.14. The van der Waals surface area contributed by atoms with Crippen LogP contribution < -0.4 is 0 Å². The van der Waals surface area contributed by atoms with Crippen molar-refractivity contribution in [1.82, 2.24) is 18.3 Å². The predicted molar refractivity (Wildman–Crippen MR) is 417 cm³/mol. The number of rotatable bonds is 7. The van der Waals surface area contributed by atoms with Gasteiger partial charge in [-0.2, -0.15) is 0 Å². The second-order valence-corrected chi connectivity index (χ2v) is 25.9. The molecule has 4 heteroatoms. The Morgan fingerprint density at radius 2 is 0.418 bits per heavy atom. The van der Waals surface area contributed by atoms with E-state index in [4.69, 9.17) is 0 Å². The molecule has 21 rings (SSSR count). The van der Waals surface area contributed by atoms with E-state index in [1.165, 1.54) is 186 Å². The monoisotopic (exact) mass is 1240 g/mol. The van der Waals surface area contributed by atoms with Crippen LogP contribution in [0.4, 0.5) is 0 Å². The maximum Gasteiger partial charge on any atom is 0.0541 e. The van der Waals surface area contributed by atoms with Gasteiger partial charge in [-0.25, -0.2) is 0 Å². The fourth-order valence-electron chi connectivity index (χ4n) is 16.1. The first kappa shape index (κ1) is 55.4. The average Bonchev–Trinajstić information content (AvgIpc) is 1.46. The summed E-state index contributed by atoms with van der Waals surface area (Å²) in [6, 6.07) is 133. The van der Waals surface area contributed by atoms with Gasteiger partial charge in [-0.15, -0.1) is 0 Å². The molecule has 21 aromatic rings. The molecule has 0 atom stereocenters. The summed E-state index contributed by atoms with van der Waals surface area (Å²) in [5, 5.41) is 20.3. The van der Waals surface area contributed by atoms with E-state index in [0.29, 0.717) is 0 Å². The van der Waals surface area contributed by atoms with Gasteiger partial charge in [-0.05, 0) is 198 Å². The van der Waals surface area contributed by atoms with Gasteiger partial charge in [0.1, 0.15) is 0 Å². The Balaban J connectivity index is 0.000000133. The normalized spacial score (nSPS) is 11.9. The number of nitrogens with zero attached hydrogens (tertiary/aromatic N) is 4. The molecular formula is C94H60N4. The van der Waals surface area contributed by atoms with Gasteiger partial charge in [0.2, 0.25) is 0 Å². The Bertz CT molecular complexity index is 6760. The summed E-state index contributed by atoms with van der Waals surface area (Å²) in [7, 11) is 0. The number of hydrogen-bond acceptors (Lipinski definition) is 0. The largest absolute Gasteiger partial charge is 0.309 e. The summed E-state index contributed by atoms with van der Waals surface area (Å²) in [5.41, 5.74) is 21.7. The molecule has 4 aromatic heterocycles. The van der Waals surface area contributed by atoms with E-state index in [1.54, 1.807) is 0 Å². The summed E-state index contributed by atoms with van der Waals surface area (Å²) in [5.74, 6) is 0. The summed E-state index contributed by atoms with van der Waals surface area (Å²) >= 11 is 0. The zero-order valence-electron chi connectivity index (χ0n) is 53.4. The molecule has 98 heavy (non-hydrogen) atoms. The molecule has 0 amide bonds. The van der Waals surface area contributed by atoms with Crippen molar-refractivity contribution in [3.63, 3.8) is 0 Å². The molecule has 456 valence electrons. The van der Waals surface area contributed by atoms with Gasteiger partial charge >= 0.3 is 0 Å². The van der Waals surface area contributed by atoms with Crippen LogP contribution in [0.5, 0.6) is 0 Å². The van der Waals surface area contributed by atoms with Crippen LogP contribution >= 0.6 is 0 Å². The van der Waals surface area contributed by atoms with Crippen molar-refractivity contribution in [3.05, 3.63) is 364 Å². The highest BCUT2D eigenvalue weighted by atomic mass is 15.0. The molecule has 0 saturated carbocycles. The topological polar surface area (TPSA) is 19.7 Å². The van der Waals surface area contributed by atoms with Gasteiger partial charge in [-0.1, -0.05) is 243 Å². The van der Waals surface area contributed by atoms with Crippen LogP contribution in [0.1, 0.15) is 0 Å². The Hall–Kier alpha value is -13.0. The van der Waals surface area contributed by atoms with Gasteiger partial charge in [0, 0.05) is 65.8 Å². The smallest absolute Gasteiger partial charge is 0.0541 e. The van der Waals surface area contributed by atoms with Crippen molar-refractivity contribution >= 4 is 130 Å². The minimum atomic E-state index is 1.17. The minimum absolute atomic E-state index is 1.17. The molecule has 0 radical (unpaired) electrons. The van der Waals surface area contributed by atoms with Crippen LogP contribution in [0.3, 0.4) is 0 Å². The fourth-order valence-corrected chi connectivity index (χ4v) is 16.1. The summed E-state index contributed by atoms with van der Waals surface area (Å²) in [6.45, 7) is 0. The van der Waals surface area contributed by atoms with Crippen molar-refractivity contribution in [2.75, 3.05) is 0 Å². The second-order valence-electron chi connectivity index (χ2n) is 25.9. The Labute approximate surface area is 565 Å². The van der Waals surface area contributed by atoms with Crippen molar-refractivity contribution in [3.8, 4) is 56.1 Å². The quantitative estimate of drug-likeness (QED) is 0.142. The Morgan fingerprint density at radius 3 is 0.878 bits per heavy atom. The third kappa shape index (κ3) is 8.78. The van der Waals surface area contributed by atoms with E-state index in [9.17, 15) is 0 Å². The highest BCUT2D eigenvalue weighted by Crippen LogP contribution is 2.43. The van der Waals surface area contributed by atoms with E-state index in [1.807, 2.05) is 0 Å². The first-order valence-electron chi connectivity index (χ1n) is 33.8. The van der Waals surface area contributed by atoms with Crippen LogP contribution in [-0.4, -0.2) is 18.3 Å². The standard InChI is InChI=1S/C48H30N2.C46H30N2/c1-2-12-33(13-3-1)49-45-20-10-8-18-40(45)43-28-31(22-26-47(43)49)32-23-27-48-44(29-32)41-19-9-11-21-46(41)50(48)34-24-25-39-37-16-5-4-14-35(37)36-15-6-7-17-38(36)42(39)30-34;1-2-11-31(12-3-1)34-15-10-16-37(27-34)47-43-19-8-6-17-39(43)41-29-35(22-25-45(41)47)36-23-26-46-42(30-36)40-18-7-9-20-44(40)48(46)38-24-21-32-13-4-5-14-33(32)28-38/h1-30H;1-30H. The van der Waals surface area contributed by atoms with E-state index in [-0.39, 0.29) is 0 Å². The zero-order valence-corrected chi connectivity index (χ0v) is 53.4. The highest BCUT2D eigenvalue weighted by molar-refractivity contribution is 6.26. The SMILES string of the molecule is c1ccc(-c2cccc(-n3c4ccccc4c4cc(-c5ccc6c(c5)c5ccccc5n6-c5ccc6ccccc6c5)ccc43)c2)cc1.c1ccc(-n2c3ccccc3c3cc(-c4ccc5c(c4)c4ccccc4n5-c4ccc5c6ccccc6c6ccccc6c5c4)ccc32)cc1. The number of benzene rings is 17. The van der Waals surface area contributed by atoms with Gasteiger partial charge in [0.05, 0.1) is 44.1 Å². The molecule has 0 aliphatic heterocycles. The summed E-state index contributed by atoms with van der Waals surface area (Å²) in [6.07, 6.45) is 0. The number of para-hydroxylation sites is 5. The third-order valence-corrected chi connectivity index (χ3v) is 20.6. The third-order valence-electron chi connectivity index (χ3n) is 20.6. The fraction of sp³-hybridized carbons (Fsp3) is 0. The van der Waals surface area contributed by atoms with E-state index in [0.717, 1.165) is 0 Å². The molecule has 0 fully saturated rings. The molecule has 17 aromatic carbocycles. The minimum Gasteiger partial charge on any atom is -0.309 e. The predicted octanol–water partition coefficient (Wildman–Crippen LogP) is 25.4. The molecule has 0 bridgehead atoms. The number of hydrogen-bond donors (Lipinski definition) is 0. The van der Waals surface area contributed by atoms with Crippen molar-refractivity contribution < 1.29 is 0 Å². The highest BCUT2D eigenvalue weighted by Gasteiger charge is 2.20. The van der Waals surface area contributed by atoms with Crippen molar-refractivity contribution in [2.24, 2.45) is 0 Å². The van der Waals surface area contributed by atoms with E-state index in [2.05, 4.69) is 382 Å². The molecular weight excluding hydrogens is 1190 g/mol. The van der Waals surface area contributed by atoms with Gasteiger partial charge in [-0.3, -0.25) is 0 Å². The van der Waals surface area contributed by atoms with E-state index < -0.39 is 0 Å². The molecule has 0 saturated heterocycles. The van der Waals surface area contributed by atoms with E-state index >= 15 is 0 Å². The first-order valence-corrected chi connectivity index (χ1v) is 33.8. The van der Waals surface area contributed by atoms with Crippen molar-refractivity contribution in [2.45, 2.75) is 0 Å². The van der Waals surface area contributed by atoms with Crippen LogP contribution in [0.2, 0.25) is 0 Å². The lowest BCUT2D eigenvalue weighted by atomic mass is 9.94. The van der Waals surface area contributed by atoms with Gasteiger partial charge < -0.3 is 18.3 Å². The molecule has 4 heterocycles. The van der Waals surface area contributed by atoms with Gasteiger partial charge in [0.25, 0.3) is 0 Å². The molecule has 4 nitrogen and oxygen atoms in total. The molecule has 0 unspecified atom stereocenters. The molecule has 0 aliphatic carbocycles. The van der Waals surface area contributed by atoms with Crippen LogP contribution in [0, 0.1) is 0 Å². The van der Waals surface area contributed by atoms with Crippen molar-refractivity contribution in [1.29, 1.82) is 0 Å². The van der Waals surface area contributed by atoms with Crippen LogP contribution in [0.25, 0.3) is 186 Å². The molecule has 0 N–H and O–H groups in total. The molecule has 0 spiro atoms. The number of aromatic nitrogens is 4. The number of fused-ring (bicyclic) bond motifs is 19. The lowest BCUT2D eigenvalue weighted by molar-refractivity contribution is 1.18. The van der Waals surface area contributed by atoms with Gasteiger partial charge in [0.15, 0.2) is 0 Å². The van der Waals surface area contributed by atoms with Crippen LogP contribution in [-0.2, 0) is 0 Å².